The number of phosphoric ester groups is 2. The lowest BCUT2D eigenvalue weighted by atomic mass is 9.99. The number of aliphatic hydroxyl groups is 1. The number of rotatable bonds is 75. The van der Waals surface area contributed by atoms with Crippen molar-refractivity contribution in [2.24, 2.45) is 17.8 Å². The standard InChI is InChI=1S/C77H150O17P2/c1-8-10-11-12-13-14-15-16-17-18-19-20-21-22-23-30-39-46-53-60-76(81)93-72(64-87-74(79)58-51-44-37-29-25-24-28-36-43-50-57-70(7)9-2)66-91-95(83,84)89-62-71(78)63-90-96(85,86)92-67-73(65-88-75(80)59-52-45-38-33-32-35-42-49-56-69(5)6)94-77(82)61-54-47-40-31-26-27-34-41-48-55-68(3)4/h68-73,78H,8-67H2,1-7H3,(H,83,84)(H,85,86)/t70?,71-,72-,73-/m1/s1. The minimum atomic E-state index is -4.96. The maximum Gasteiger partial charge on any atom is 0.472 e. The van der Waals surface area contributed by atoms with Gasteiger partial charge in [-0.05, 0) is 43.4 Å². The molecule has 6 atom stereocenters. The van der Waals surface area contributed by atoms with Crippen LogP contribution in [0.4, 0.5) is 0 Å². The number of carbonyl (C=O) groups excluding carboxylic acids is 4. The average Bonchev–Trinajstić information content (AvgIpc) is 1.34. The molecule has 0 aliphatic heterocycles. The van der Waals surface area contributed by atoms with E-state index < -0.39 is 97.5 Å². The van der Waals surface area contributed by atoms with E-state index in [4.69, 9.17) is 37.0 Å². The summed E-state index contributed by atoms with van der Waals surface area (Å²) in [6.07, 6.45) is 54.1. The highest BCUT2D eigenvalue weighted by atomic mass is 31.2. The molecule has 0 saturated heterocycles. The third-order valence-electron chi connectivity index (χ3n) is 18.2. The first-order valence-corrected chi connectivity index (χ1v) is 42.9. The Kier molecular flexibility index (Phi) is 66.2. The van der Waals surface area contributed by atoms with Gasteiger partial charge in [0.1, 0.15) is 19.3 Å². The molecular weight excluding hydrogens is 1260 g/mol. The van der Waals surface area contributed by atoms with Gasteiger partial charge in [-0.2, -0.15) is 0 Å². The van der Waals surface area contributed by atoms with Crippen LogP contribution >= 0.6 is 15.6 Å². The average molecular weight is 1410 g/mol. The first-order valence-electron chi connectivity index (χ1n) is 39.9. The summed E-state index contributed by atoms with van der Waals surface area (Å²) in [6.45, 7) is 11.9. The van der Waals surface area contributed by atoms with E-state index in [0.717, 1.165) is 108 Å². The molecule has 0 aromatic heterocycles. The Hall–Kier alpha value is -1.94. The molecule has 0 heterocycles. The maximum atomic E-state index is 13.1. The number of phosphoric acid groups is 2. The molecule has 0 rings (SSSR count). The smallest absolute Gasteiger partial charge is 0.462 e. The number of carbonyl (C=O) groups is 4. The summed E-state index contributed by atoms with van der Waals surface area (Å²) in [4.78, 5) is 72.9. The Bertz CT molecular complexity index is 1870. The highest BCUT2D eigenvalue weighted by Crippen LogP contribution is 2.45. The van der Waals surface area contributed by atoms with Gasteiger partial charge in [0, 0.05) is 25.7 Å². The monoisotopic (exact) mass is 1410 g/mol. The van der Waals surface area contributed by atoms with E-state index in [1.165, 1.54) is 205 Å². The van der Waals surface area contributed by atoms with E-state index in [1.54, 1.807) is 0 Å². The van der Waals surface area contributed by atoms with Gasteiger partial charge in [-0.3, -0.25) is 37.3 Å². The quantitative estimate of drug-likeness (QED) is 0.0222. The molecule has 0 aromatic carbocycles. The van der Waals surface area contributed by atoms with Crippen LogP contribution in [0.25, 0.3) is 0 Å². The van der Waals surface area contributed by atoms with Crippen molar-refractivity contribution >= 4 is 39.5 Å². The van der Waals surface area contributed by atoms with Crippen LogP contribution in [-0.4, -0.2) is 96.7 Å². The molecule has 96 heavy (non-hydrogen) atoms. The summed E-state index contributed by atoms with van der Waals surface area (Å²) in [7, 11) is -9.91. The lowest BCUT2D eigenvalue weighted by molar-refractivity contribution is -0.161. The van der Waals surface area contributed by atoms with Crippen LogP contribution in [0.2, 0.25) is 0 Å². The fourth-order valence-electron chi connectivity index (χ4n) is 11.7. The third kappa shape index (κ3) is 69.2. The number of hydrogen-bond donors (Lipinski definition) is 3. The summed E-state index contributed by atoms with van der Waals surface area (Å²) >= 11 is 0. The molecule has 0 amide bonds. The van der Waals surface area contributed by atoms with E-state index in [-0.39, 0.29) is 25.7 Å². The second-order valence-electron chi connectivity index (χ2n) is 28.9. The van der Waals surface area contributed by atoms with Gasteiger partial charge in [0.25, 0.3) is 0 Å². The van der Waals surface area contributed by atoms with Crippen LogP contribution in [0.5, 0.6) is 0 Å². The first-order chi connectivity index (χ1) is 46.3. The van der Waals surface area contributed by atoms with E-state index >= 15 is 0 Å². The Morgan fingerprint density at radius 3 is 0.792 bits per heavy atom. The number of esters is 4. The fraction of sp³-hybridized carbons (Fsp3) is 0.948. The van der Waals surface area contributed by atoms with Crippen molar-refractivity contribution in [3.05, 3.63) is 0 Å². The van der Waals surface area contributed by atoms with Crippen LogP contribution in [0.1, 0.15) is 395 Å². The molecule has 17 nitrogen and oxygen atoms in total. The molecule has 0 aliphatic carbocycles. The van der Waals surface area contributed by atoms with Crippen molar-refractivity contribution < 1.29 is 80.2 Å². The second-order valence-corrected chi connectivity index (χ2v) is 31.8. The summed E-state index contributed by atoms with van der Waals surface area (Å²) in [5, 5.41) is 10.6. The van der Waals surface area contributed by atoms with E-state index in [1.807, 2.05) is 0 Å². The minimum absolute atomic E-state index is 0.105. The van der Waals surface area contributed by atoms with Crippen molar-refractivity contribution in [3.63, 3.8) is 0 Å². The van der Waals surface area contributed by atoms with E-state index in [0.29, 0.717) is 25.7 Å². The zero-order valence-electron chi connectivity index (χ0n) is 62.8. The summed E-state index contributed by atoms with van der Waals surface area (Å²) in [5.41, 5.74) is 0. The Balaban J connectivity index is 5.24. The highest BCUT2D eigenvalue weighted by Gasteiger charge is 2.30. The van der Waals surface area contributed by atoms with Gasteiger partial charge in [-0.15, -0.1) is 0 Å². The molecule has 3 N–H and O–H groups in total. The lowest BCUT2D eigenvalue weighted by Gasteiger charge is -2.21. The van der Waals surface area contributed by atoms with Gasteiger partial charge >= 0.3 is 39.5 Å². The number of ether oxygens (including phenoxy) is 4. The van der Waals surface area contributed by atoms with Gasteiger partial charge in [-0.25, -0.2) is 9.13 Å². The van der Waals surface area contributed by atoms with E-state index in [2.05, 4.69) is 48.5 Å². The van der Waals surface area contributed by atoms with Crippen LogP contribution in [0, 0.1) is 17.8 Å². The highest BCUT2D eigenvalue weighted by molar-refractivity contribution is 7.47. The topological polar surface area (TPSA) is 237 Å². The van der Waals surface area contributed by atoms with Gasteiger partial charge in [0.15, 0.2) is 12.2 Å². The van der Waals surface area contributed by atoms with Crippen LogP contribution < -0.4 is 0 Å². The molecule has 0 bridgehead atoms. The van der Waals surface area contributed by atoms with Crippen molar-refractivity contribution in [3.8, 4) is 0 Å². The number of aliphatic hydroxyl groups excluding tert-OH is 1. The van der Waals surface area contributed by atoms with Gasteiger partial charge in [-0.1, -0.05) is 344 Å². The predicted octanol–water partition coefficient (Wildman–Crippen LogP) is 22.6. The molecular formula is C77H150O17P2. The molecule has 19 heteroatoms. The fourth-order valence-corrected chi connectivity index (χ4v) is 13.3. The second kappa shape index (κ2) is 67.5. The maximum absolute atomic E-state index is 13.1. The van der Waals surface area contributed by atoms with Gasteiger partial charge < -0.3 is 33.8 Å². The van der Waals surface area contributed by atoms with Gasteiger partial charge in [0.05, 0.1) is 26.4 Å². The van der Waals surface area contributed by atoms with Crippen LogP contribution in [-0.2, 0) is 65.4 Å². The van der Waals surface area contributed by atoms with Crippen molar-refractivity contribution in [2.75, 3.05) is 39.6 Å². The first kappa shape index (κ1) is 94.1. The summed E-state index contributed by atoms with van der Waals surface area (Å²) in [5.74, 6) is 0.154. The van der Waals surface area contributed by atoms with Crippen LogP contribution in [0.15, 0.2) is 0 Å². The molecule has 570 valence electrons. The molecule has 0 spiro atoms. The van der Waals surface area contributed by atoms with Crippen LogP contribution in [0.3, 0.4) is 0 Å². The Labute approximate surface area is 588 Å². The third-order valence-corrected chi connectivity index (χ3v) is 20.1. The zero-order valence-corrected chi connectivity index (χ0v) is 64.6. The van der Waals surface area contributed by atoms with Gasteiger partial charge in [0.2, 0.25) is 0 Å². The summed E-state index contributed by atoms with van der Waals surface area (Å²) in [6, 6.07) is 0. The molecule has 3 unspecified atom stereocenters. The number of unbranched alkanes of at least 4 members (excludes halogenated alkanes) is 42. The van der Waals surface area contributed by atoms with E-state index in [9.17, 15) is 43.2 Å². The van der Waals surface area contributed by atoms with Crippen molar-refractivity contribution in [1.29, 1.82) is 0 Å². The Morgan fingerprint density at radius 1 is 0.302 bits per heavy atom. The molecule has 0 saturated carbocycles. The zero-order chi connectivity index (χ0) is 70.9. The van der Waals surface area contributed by atoms with Crippen molar-refractivity contribution in [2.45, 2.75) is 414 Å². The summed E-state index contributed by atoms with van der Waals surface area (Å²) < 4.78 is 68.6. The minimum Gasteiger partial charge on any atom is -0.462 e. The molecule has 0 aliphatic rings. The predicted molar refractivity (Wildman–Crippen MR) is 391 cm³/mol. The lowest BCUT2D eigenvalue weighted by Crippen LogP contribution is -2.30. The normalized spacial score (nSPS) is 14.3. The SMILES string of the molecule is CCCCCCCCCCCCCCCCCCCCCC(=O)O[C@H](COC(=O)CCCCCCCCCCCCC(C)CC)COP(=O)(O)OC[C@@H](O)COP(=O)(O)OC[C@@H](COC(=O)CCCCCCCCCCC(C)C)OC(=O)CCCCCCCCCCCC(C)C. The Morgan fingerprint density at radius 2 is 0.531 bits per heavy atom. The largest absolute Gasteiger partial charge is 0.472 e. The molecule has 0 radical (unpaired) electrons. The molecule has 0 aromatic rings. The molecule has 0 fully saturated rings. The number of hydrogen-bond acceptors (Lipinski definition) is 15. The van der Waals surface area contributed by atoms with Crippen molar-refractivity contribution in [1.82, 2.24) is 0 Å².